The molecule has 2 aromatic carbocycles. The standard InChI is InChI=1S/C18H19FN2OS/c19-13-6-7-17-14(10-13)16(8-9-23-17)21-18(22)15(11-20)12-4-2-1-3-5-12/h1-7,10,15-16H,8-9,11,20H2,(H,21,22). The van der Waals surface area contributed by atoms with Gasteiger partial charge in [0.2, 0.25) is 5.91 Å². The molecule has 1 aliphatic rings. The molecule has 0 aliphatic carbocycles. The Hall–Kier alpha value is -1.85. The summed E-state index contributed by atoms with van der Waals surface area (Å²) in [5.74, 6) is 0.139. The summed E-state index contributed by atoms with van der Waals surface area (Å²) in [4.78, 5) is 13.7. The Morgan fingerprint density at radius 3 is 2.83 bits per heavy atom. The molecule has 0 fully saturated rings. The number of carbonyl (C=O) groups excluding carboxylic acids is 1. The number of thioether (sulfide) groups is 1. The molecule has 0 spiro atoms. The number of fused-ring (bicyclic) bond motifs is 1. The second-order valence-electron chi connectivity index (χ2n) is 5.58. The van der Waals surface area contributed by atoms with Crippen LogP contribution in [0.25, 0.3) is 0 Å². The van der Waals surface area contributed by atoms with Gasteiger partial charge in [0, 0.05) is 17.2 Å². The largest absolute Gasteiger partial charge is 0.349 e. The van der Waals surface area contributed by atoms with Crippen molar-refractivity contribution in [2.75, 3.05) is 12.3 Å². The third-order valence-electron chi connectivity index (χ3n) is 4.08. The number of halogens is 1. The Balaban J connectivity index is 1.80. The smallest absolute Gasteiger partial charge is 0.229 e. The summed E-state index contributed by atoms with van der Waals surface area (Å²) in [5.41, 5.74) is 7.56. The Morgan fingerprint density at radius 2 is 2.09 bits per heavy atom. The van der Waals surface area contributed by atoms with Gasteiger partial charge in [-0.3, -0.25) is 4.79 Å². The van der Waals surface area contributed by atoms with Crippen LogP contribution in [0.1, 0.15) is 29.5 Å². The minimum absolute atomic E-state index is 0.106. The topological polar surface area (TPSA) is 55.1 Å². The van der Waals surface area contributed by atoms with Crippen molar-refractivity contribution < 1.29 is 9.18 Å². The van der Waals surface area contributed by atoms with Gasteiger partial charge in [0.1, 0.15) is 5.82 Å². The van der Waals surface area contributed by atoms with E-state index in [9.17, 15) is 9.18 Å². The van der Waals surface area contributed by atoms with Crippen LogP contribution in [0.15, 0.2) is 53.4 Å². The highest BCUT2D eigenvalue weighted by molar-refractivity contribution is 7.99. The average molecular weight is 330 g/mol. The summed E-state index contributed by atoms with van der Waals surface area (Å²) >= 11 is 1.70. The van der Waals surface area contributed by atoms with E-state index in [2.05, 4.69) is 5.32 Å². The molecule has 2 unspecified atom stereocenters. The van der Waals surface area contributed by atoms with E-state index >= 15 is 0 Å². The SMILES string of the molecule is NCC(C(=O)NC1CCSc2ccc(F)cc21)c1ccccc1. The summed E-state index contributed by atoms with van der Waals surface area (Å²) in [6, 6.07) is 14.1. The van der Waals surface area contributed by atoms with E-state index in [0.29, 0.717) is 0 Å². The third-order valence-corrected chi connectivity index (χ3v) is 5.20. The van der Waals surface area contributed by atoms with Crippen molar-refractivity contribution in [3.05, 3.63) is 65.5 Å². The highest BCUT2D eigenvalue weighted by Crippen LogP contribution is 2.36. The van der Waals surface area contributed by atoms with E-state index in [1.54, 1.807) is 17.8 Å². The molecule has 3 rings (SSSR count). The number of rotatable bonds is 4. The maximum atomic E-state index is 13.6. The number of amides is 1. The van der Waals surface area contributed by atoms with Crippen molar-refractivity contribution in [2.45, 2.75) is 23.3 Å². The Kier molecular flexibility index (Phi) is 4.98. The van der Waals surface area contributed by atoms with Crippen molar-refractivity contribution in [3.63, 3.8) is 0 Å². The molecule has 0 bridgehead atoms. The zero-order chi connectivity index (χ0) is 16.2. The Morgan fingerprint density at radius 1 is 1.30 bits per heavy atom. The second-order valence-corrected chi connectivity index (χ2v) is 6.72. The van der Waals surface area contributed by atoms with E-state index in [4.69, 9.17) is 5.73 Å². The van der Waals surface area contributed by atoms with Gasteiger partial charge >= 0.3 is 0 Å². The molecule has 5 heteroatoms. The molecule has 1 heterocycles. The van der Waals surface area contributed by atoms with Gasteiger partial charge in [-0.05, 0) is 35.7 Å². The van der Waals surface area contributed by atoms with Gasteiger partial charge in [0.15, 0.2) is 0 Å². The van der Waals surface area contributed by atoms with Crippen molar-refractivity contribution in [2.24, 2.45) is 5.73 Å². The van der Waals surface area contributed by atoms with E-state index in [-0.39, 0.29) is 30.2 Å². The number of nitrogens with two attached hydrogens (primary N) is 1. The molecule has 2 aromatic rings. The summed E-state index contributed by atoms with van der Waals surface area (Å²) in [7, 11) is 0. The van der Waals surface area contributed by atoms with Crippen molar-refractivity contribution >= 4 is 17.7 Å². The van der Waals surface area contributed by atoms with Crippen LogP contribution in [-0.4, -0.2) is 18.2 Å². The molecule has 3 nitrogen and oxygen atoms in total. The Labute approximate surface area is 139 Å². The van der Waals surface area contributed by atoms with E-state index < -0.39 is 0 Å². The minimum atomic E-state index is -0.386. The molecule has 0 radical (unpaired) electrons. The van der Waals surface area contributed by atoms with Crippen LogP contribution in [-0.2, 0) is 4.79 Å². The van der Waals surface area contributed by atoms with Crippen LogP contribution >= 0.6 is 11.8 Å². The van der Waals surface area contributed by atoms with Crippen molar-refractivity contribution in [3.8, 4) is 0 Å². The number of hydrogen-bond donors (Lipinski definition) is 2. The first kappa shape index (κ1) is 16.0. The van der Waals surface area contributed by atoms with Crippen molar-refractivity contribution in [1.29, 1.82) is 0 Å². The molecule has 3 N–H and O–H groups in total. The monoisotopic (exact) mass is 330 g/mol. The fourth-order valence-electron chi connectivity index (χ4n) is 2.87. The summed E-state index contributed by atoms with van der Waals surface area (Å²) < 4.78 is 13.6. The predicted molar refractivity (Wildman–Crippen MR) is 90.9 cm³/mol. The molecule has 0 aromatic heterocycles. The summed E-state index contributed by atoms with van der Waals surface area (Å²) in [6.45, 7) is 0.243. The molecule has 0 saturated heterocycles. The lowest BCUT2D eigenvalue weighted by atomic mass is 9.96. The van der Waals surface area contributed by atoms with Crippen LogP contribution in [0.5, 0.6) is 0 Å². The van der Waals surface area contributed by atoms with Gasteiger partial charge in [-0.15, -0.1) is 11.8 Å². The van der Waals surface area contributed by atoms with Gasteiger partial charge in [-0.1, -0.05) is 30.3 Å². The Bertz CT molecular complexity index is 693. The lowest BCUT2D eigenvalue weighted by molar-refractivity contribution is -0.123. The van der Waals surface area contributed by atoms with Crippen LogP contribution < -0.4 is 11.1 Å². The summed E-state index contributed by atoms with van der Waals surface area (Å²) in [6.07, 6.45) is 0.791. The maximum absolute atomic E-state index is 13.6. The lowest BCUT2D eigenvalue weighted by Gasteiger charge is -2.27. The predicted octanol–water partition coefficient (Wildman–Crippen LogP) is 3.22. The first-order valence-corrected chi connectivity index (χ1v) is 8.65. The fraction of sp³-hybridized carbons (Fsp3) is 0.278. The first-order valence-electron chi connectivity index (χ1n) is 7.66. The van der Waals surface area contributed by atoms with Crippen molar-refractivity contribution in [1.82, 2.24) is 5.32 Å². The molecule has 23 heavy (non-hydrogen) atoms. The molecular formula is C18H19FN2OS. The van der Waals surface area contributed by atoms with Gasteiger partial charge in [-0.25, -0.2) is 4.39 Å². The van der Waals surface area contributed by atoms with Gasteiger partial charge in [-0.2, -0.15) is 0 Å². The average Bonchev–Trinajstić information content (AvgIpc) is 2.57. The fourth-order valence-corrected chi connectivity index (χ4v) is 3.97. The normalized spacial score (nSPS) is 18.1. The number of nitrogens with one attached hydrogen (secondary N) is 1. The van der Waals surface area contributed by atoms with Crippen LogP contribution in [0.2, 0.25) is 0 Å². The summed E-state index contributed by atoms with van der Waals surface area (Å²) in [5, 5.41) is 3.05. The van der Waals surface area contributed by atoms with Crippen LogP contribution in [0.3, 0.4) is 0 Å². The zero-order valence-corrected chi connectivity index (χ0v) is 13.5. The van der Waals surface area contributed by atoms with Crippen LogP contribution in [0.4, 0.5) is 4.39 Å². The molecule has 120 valence electrons. The highest BCUT2D eigenvalue weighted by Gasteiger charge is 2.26. The molecular weight excluding hydrogens is 311 g/mol. The zero-order valence-electron chi connectivity index (χ0n) is 12.7. The minimum Gasteiger partial charge on any atom is -0.349 e. The molecule has 0 saturated carbocycles. The quantitative estimate of drug-likeness (QED) is 0.905. The molecule has 2 atom stereocenters. The third kappa shape index (κ3) is 3.57. The molecule has 1 amide bonds. The van der Waals surface area contributed by atoms with Gasteiger partial charge in [0.05, 0.1) is 12.0 Å². The van der Waals surface area contributed by atoms with Gasteiger partial charge in [0.25, 0.3) is 0 Å². The lowest BCUT2D eigenvalue weighted by Crippen LogP contribution is -2.37. The highest BCUT2D eigenvalue weighted by atomic mass is 32.2. The number of carbonyl (C=O) groups is 1. The van der Waals surface area contributed by atoms with Crippen LogP contribution in [0, 0.1) is 5.82 Å². The number of benzene rings is 2. The van der Waals surface area contributed by atoms with E-state index in [0.717, 1.165) is 28.2 Å². The first-order chi connectivity index (χ1) is 11.2. The number of hydrogen-bond acceptors (Lipinski definition) is 3. The van der Waals surface area contributed by atoms with Gasteiger partial charge < -0.3 is 11.1 Å². The van der Waals surface area contributed by atoms with E-state index in [1.807, 2.05) is 30.3 Å². The maximum Gasteiger partial charge on any atom is 0.229 e. The molecule has 1 aliphatic heterocycles. The van der Waals surface area contributed by atoms with E-state index in [1.165, 1.54) is 12.1 Å². The second kappa shape index (κ2) is 7.15.